The molecule has 186 valence electrons. The van der Waals surface area contributed by atoms with Crippen molar-refractivity contribution in [3.05, 3.63) is 71.8 Å². The molecule has 0 aromatic heterocycles. The van der Waals surface area contributed by atoms with E-state index in [0.29, 0.717) is 6.42 Å². The molecule has 4 atom stereocenters. The molecule has 34 heavy (non-hydrogen) atoms. The topological polar surface area (TPSA) is 136 Å². The molecule has 2 aromatic rings. The molecule has 0 spiro atoms. The number of carbonyl (C=O) groups is 2. The van der Waals surface area contributed by atoms with Crippen LogP contribution in [0.15, 0.2) is 60.7 Å². The molecule has 8 heteroatoms. The second kappa shape index (κ2) is 11.5. The summed E-state index contributed by atoms with van der Waals surface area (Å²) in [6.45, 7) is 6.31. The highest BCUT2D eigenvalue weighted by molar-refractivity contribution is 5.81. The summed E-state index contributed by atoms with van der Waals surface area (Å²) >= 11 is 0. The quantitative estimate of drug-likeness (QED) is 0.338. The van der Waals surface area contributed by atoms with Gasteiger partial charge in [0.25, 0.3) is 0 Å². The number of benzene rings is 2. The maximum atomic E-state index is 12.7. The van der Waals surface area contributed by atoms with Crippen molar-refractivity contribution in [2.75, 3.05) is 6.54 Å². The van der Waals surface area contributed by atoms with Crippen molar-refractivity contribution in [3.63, 3.8) is 0 Å². The SMILES string of the molecule is CC(O)C(N)(Cc1ccccc1)N(CC(O)C(Cc1ccccc1)NC(=O)C(C)(C)C)C(=O)O. The molecule has 6 N–H and O–H groups in total. The first-order chi connectivity index (χ1) is 15.8. The van der Waals surface area contributed by atoms with Gasteiger partial charge in [-0.1, -0.05) is 81.4 Å². The Kier molecular flexibility index (Phi) is 9.21. The number of nitrogens with two attached hydrogens (primary N) is 1. The number of aliphatic hydroxyl groups excluding tert-OH is 2. The number of carbonyl (C=O) groups excluding carboxylic acids is 1. The molecule has 0 saturated carbocycles. The van der Waals surface area contributed by atoms with Gasteiger partial charge in [0.05, 0.1) is 24.8 Å². The van der Waals surface area contributed by atoms with Crippen molar-refractivity contribution in [2.24, 2.45) is 11.1 Å². The van der Waals surface area contributed by atoms with Crippen molar-refractivity contribution < 1.29 is 24.9 Å². The summed E-state index contributed by atoms with van der Waals surface area (Å²) in [6.07, 6.45) is -3.54. The van der Waals surface area contributed by atoms with E-state index in [-0.39, 0.29) is 12.3 Å². The number of nitrogens with zero attached hydrogens (tertiary/aromatic N) is 1. The number of hydrogen-bond acceptors (Lipinski definition) is 5. The van der Waals surface area contributed by atoms with Gasteiger partial charge in [-0.25, -0.2) is 4.79 Å². The highest BCUT2D eigenvalue weighted by atomic mass is 16.4. The van der Waals surface area contributed by atoms with Crippen LogP contribution in [0.3, 0.4) is 0 Å². The first-order valence-electron chi connectivity index (χ1n) is 11.4. The van der Waals surface area contributed by atoms with Crippen LogP contribution >= 0.6 is 0 Å². The zero-order valence-electron chi connectivity index (χ0n) is 20.3. The lowest BCUT2D eigenvalue weighted by molar-refractivity contribution is -0.130. The third-order valence-corrected chi connectivity index (χ3v) is 5.92. The lowest BCUT2D eigenvalue weighted by Crippen LogP contribution is -2.68. The number of nitrogens with one attached hydrogen (secondary N) is 1. The maximum absolute atomic E-state index is 12.7. The van der Waals surface area contributed by atoms with Gasteiger partial charge in [-0.15, -0.1) is 0 Å². The average molecular weight is 472 g/mol. The third-order valence-electron chi connectivity index (χ3n) is 5.92. The smallest absolute Gasteiger partial charge is 0.408 e. The fraction of sp³-hybridized carbons (Fsp3) is 0.462. The van der Waals surface area contributed by atoms with Gasteiger partial charge in [0.15, 0.2) is 0 Å². The van der Waals surface area contributed by atoms with Crippen LogP contribution in [0.25, 0.3) is 0 Å². The Balaban J connectivity index is 2.34. The fourth-order valence-corrected chi connectivity index (χ4v) is 3.67. The van der Waals surface area contributed by atoms with Crippen LogP contribution in [-0.2, 0) is 17.6 Å². The van der Waals surface area contributed by atoms with Gasteiger partial charge in [0, 0.05) is 11.8 Å². The minimum atomic E-state index is -1.69. The largest absolute Gasteiger partial charge is 0.465 e. The summed E-state index contributed by atoms with van der Waals surface area (Å²) < 4.78 is 0. The molecular formula is C26H37N3O5. The zero-order chi connectivity index (χ0) is 25.5. The van der Waals surface area contributed by atoms with Crippen LogP contribution in [0.5, 0.6) is 0 Å². The monoisotopic (exact) mass is 471 g/mol. The summed E-state index contributed by atoms with van der Waals surface area (Å²) in [5, 5.41) is 34.5. The predicted molar refractivity (Wildman–Crippen MR) is 131 cm³/mol. The molecule has 0 aliphatic rings. The Morgan fingerprint density at radius 2 is 1.47 bits per heavy atom. The lowest BCUT2D eigenvalue weighted by atomic mass is 9.91. The molecule has 0 bridgehead atoms. The molecule has 2 rings (SSSR count). The molecule has 0 saturated heterocycles. The van der Waals surface area contributed by atoms with Gasteiger partial charge in [-0.2, -0.15) is 0 Å². The van der Waals surface area contributed by atoms with Crippen molar-refractivity contribution in [2.45, 2.75) is 64.4 Å². The summed E-state index contributed by atoms with van der Waals surface area (Å²) in [4.78, 5) is 25.9. The second-order valence-electron chi connectivity index (χ2n) is 9.81. The summed E-state index contributed by atoms with van der Waals surface area (Å²) in [5.74, 6) is -0.270. The number of amides is 2. The van der Waals surface area contributed by atoms with Gasteiger partial charge >= 0.3 is 6.09 Å². The molecule has 0 aliphatic heterocycles. The summed E-state index contributed by atoms with van der Waals surface area (Å²) in [6, 6.07) is 17.6. The van der Waals surface area contributed by atoms with Gasteiger partial charge in [0.1, 0.15) is 5.66 Å². The van der Waals surface area contributed by atoms with E-state index in [1.54, 1.807) is 45.0 Å². The summed E-state index contributed by atoms with van der Waals surface area (Å²) in [7, 11) is 0. The van der Waals surface area contributed by atoms with Crippen molar-refractivity contribution in [3.8, 4) is 0 Å². The van der Waals surface area contributed by atoms with E-state index < -0.39 is 42.0 Å². The molecule has 0 aliphatic carbocycles. The molecular weight excluding hydrogens is 434 g/mol. The van der Waals surface area contributed by atoms with E-state index in [4.69, 9.17) is 5.73 Å². The fourth-order valence-electron chi connectivity index (χ4n) is 3.67. The third kappa shape index (κ3) is 7.28. The highest BCUT2D eigenvalue weighted by Crippen LogP contribution is 2.23. The Morgan fingerprint density at radius 3 is 1.91 bits per heavy atom. The van der Waals surface area contributed by atoms with Crippen LogP contribution in [-0.4, -0.2) is 62.7 Å². The van der Waals surface area contributed by atoms with Crippen LogP contribution in [0.1, 0.15) is 38.8 Å². The van der Waals surface area contributed by atoms with E-state index in [9.17, 15) is 24.9 Å². The van der Waals surface area contributed by atoms with Crippen molar-refractivity contribution in [1.82, 2.24) is 10.2 Å². The molecule has 0 fully saturated rings. The number of rotatable bonds is 10. The highest BCUT2D eigenvalue weighted by Gasteiger charge is 2.43. The molecule has 4 unspecified atom stereocenters. The van der Waals surface area contributed by atoms with Crippen molar-refractivity contribution >= 4 is 12.0 Å². The zero-order valence-corrected chi connectivity index (χ0v) is 20.3. The first-order valence-corrected chi connectivity index (χ1v) is 11.4. The average Bonchev–Trinajstić information content (AvgIpc) is 2.77. The van der Waals surface area contributed by atoms with E-state index in [1.807, 2.05) is 36.4 Å². The van der Waals surface area contributed by atoms with Crippen LogP contribution in [0.4, 0.5) is 4.79 Å². The molecule has 8 nitrogen and oxygen atoms in total. The van der Waals surface area contributed by atoms with Gasteiger partial charge in [0.2, 0.25) is 5.91 Å². The molecule has 0 radical (unpaired) electrons. The van der Waals surface area contributed by atoms with E-state index in [0.717, 1.165) is 16.0 Å². The number of hydrogen-bond donors (Lipinski definition) is 5. The van der Waals surface area contributed by atoms with Gasteiger partial charge in [-0.3, -0.25) is 9.69 Å². The standard InChI is InChI=1S/C26H37N3O5/c1-18(30)26(27,16-20-13-9-6-10-14-20)29(24(33)34)17-22(31)21(28-23(32)25(2,3)4)15-19-11-7-5-8-12-19/h5-14,18,21-22,30-31H,15-17,27H2,1-4H3,(H,28,32)(H,33,34). The lowest BCUT2D eigenvalue weighted by Gasteiger charge is -2.43. The van der Waals surface area contributed by atoms with Crippen LogP contribution in [0.2, 0.25) is 0 Å². The van der Waals surface area contributed by atoms with Crippen LogP contribution in [0, 0.1) is 5.41 Å². The van der Waals surface area contributed by atoms with Gasteiger partial charge in [-0.05, 0) is 24.5 Å². The normalized spacial score (nSPS) is 16.1. The van der Waals surface area contributed by atoms with Crippen molar-refractivity contribution in [1.29, 1.82) is 0 Å². The maximum Gasteiger partial charge on any atom is 0.408 e. The second-order valence-corrected chi connectivity index (χ2v) is 9.81. The van der Waals surface area contributed by atoms with E-state index >= 15 is 0 Å². The Bertz CT molecular complexity index is 930. The van der Waals surface area contributed by atoms with Gasteiger partial charge < -0.3 is 26.4 Å². The predicted octanol–water partition coefficient (Wildman–Crippen LogP) is 2.38. The molecule has 2 amide bonds. The Hall–Kier alpha value is -2.94. The molecule has 0 heterocycles. The van der Waals surface area contributed by atoms with Crippen LogP contribution < -0.4 is 11.1 Å². The van der Waals surface area contributed by atoms with E-state index in [1.165, 1.54) is 6.92 Å². The summed E-state index contributed by atoms with van der Waals surface area (Å²) in [5.41, 5.74) is 5.71. The van der Waals surface area contributed by atoms with E-state index in [2.05, 4.69) is 5.32 Å². The number of carboxylic acid groups (broad SMARTS) is 1. The minimum absolute atomic E-state index is 0.0439. The number of aliphatic hydroxyl groups is 2. The molecule has 2 aromatic carbocycles. The Labute approximate surface area is 201 Å². The minimum Gasteiger partial charge on any atom is -0.465 e. The first kappa shape index (κ1) is 27.3. The Morgan fingerprint density at radius 1 is 0.971 bits per heavy atom.